The van der Waals surface area contributed by atoms with Crippen molar-refractivity contribution in [2.45, 2.75) is 12.0 Å². The second-order valence-electron chi connectivity index (χ2n) is 3.41. The Kier molecular flexibility index (Phi) is 4.62. The van der Waals surface area contributed by atoms with Crippen LogP contribution in [-0.2, 0) is 14.4 Å². The third-order valence-corrected chi connectivity index (χ3v) is 2.25. The number of benzene rings is 1. The highest BCUT2D eigenvalue weighted by atomic mass is 16.6. The lowest BCUT2D eigenvalue weighted by molar-refractivity contribution is -0.144. The standard InChI is InChI=1S/C11H14N2O4/c1-17-13-11(16)9(14)8(10(12)15)7-5-3-2-4-6-7/h2-6,8-9,14H,1H3,(H2,12,15)(H,13,16). The van der Waals surface area contributed by atoms with Gasteiger partial charge in [0.05, 0.1) is 13.0 Å². The molecule has 0 heterocycles. The van der Waals surface area contributed by atoms with E-state index in [0.717, 1.165) is 0 Å². The van der Waals surface area contributed by atoms with Crippen molar-refractivity contribution in [3.8, 4) is 0 Å². The van der Waals surface area contributed by atoms with Crippen molar-refractivity contribution in [2.75, 3.05) is 7.11 Å². The van der Waals surface area contributed by atoms with Gasteiger partial charge in [-0.15, -0.1) is 0 Å². The van der Waals surface area contributed by atoms with Gasteiger partial charge in [-0.3, -0.25) is 14.4 Å². The van der Waals surface area contributed by atoms with Crippen LogP contribution in [-0.4, -0.2) is 30.1 Å². The number of rotatable bonds is 5. The smallest absolute Gasteiger partial charge is 0.273 e. The maximum atomic E-state index is 11.4. The molecule has 6 nitrogen and oxygen atoms in total. The van der Waals surface area contributed by atoms with E-state index in [-0.39, 0.29) is 0 Å². The van der Waals surface area contributed by atoms with Gasteiger partial charge in [-0.25, -0.2) is 5.48 Å². The van der Waals surface area contributed by atoms with E-state index in [1.165, 1.54) is 7.11 Å². The summed E-state index contributed by atoms with van der Waals surface area (Å²) in [6.07, 6.45) is -1.59. The van der Waals surface area contributed by atoms with Gasteiger partial charge in [0.2, 0.25) is 5.91 Å². The number of carbonyl (C=O) groups excluding carboxylic acids is 2. The van der Waals surface area contributed by atoms with E-state index < -0.39 is 23.8 Å². The molecule has 0 spiro atoms. The van der Waals surface area contributed by atoms with Gasteiger partial charge in [0.25, 0.3) is 5.91 Å². The number of primary amides is 1. The van der Waals surface area contributed by atoms with Crippen LogP contribution >= 0.6 is 0 Å². The summed E-state index contributed by atoms with van der Waals surface area (Å²) in [6.45, 7) is 0. The molecule has 0 fully saturated rings. The SMILES string of the molecule is CONC(=O)C(O)C(C(N)=O)c1ccccc1. The molecule has 2 unspecified atom stereocenters. The number of nitrogens with one attached hydrogen (secondary N) is 1. The first-order chi connectivity index (χ1) is 8.07. The molecule has 92 valence electrons. The van der Waals surface area contributed by atoms with Crippen molar-refractivity contribution in [3.63, 3.8) is 0 Å². The molecule has 2 amide bonds. The Hall–Kier alpha value is -1.92. The summed E-state index contributed by atoms with van der Waals surface area (Å²) < 4.78 is 0. The largest absolute Gasteiger partial charge is 0.382 e. The molecule has 1 rings (SSSR count). The highest BCUT2D eigenvalue weighted by Gasteiger charge is 2.32. The van der Waals surface area contributed by atoms with Crippen molar-refractivity contribution in [1.29, 1.82) is 0 Å². The second-order valence-corrected chi connectivity index (χ2v) is 3.41. The van der Waals surface area contributed by atoms with Crippen LogP contribution < -0.4 is 11.2 Å². The fraction of sp³-hybridized carbons (Fsp3) is 0.273. The highest BCUT2D eigenvalue weighted by Crippen LogP contribution is 2.19. The number of hydrogen-bond acceptors (Lipinski definition) is 4. The predicted octanol–water partition coefficient (Wildman–Crippen LogP) is -0.706. The average molecular weight is 238 g/mol. The lowest BCUT2D eigenvalue weighted by atomic mass is 9.92. The summed E-state index contributed by atoms with van der Waals surface area (Å²) in [4.78, 5) is 27.0. The van der Waals surface area contributed by atoms with Crippen LogP contribution in [0.2, 0.25) is 0 Å². The van der Waals surface area contributed by atoms with E-state index in [0.29, 0.717) is 5.56 Å². The number of amides is 2. The van der Waals surface area contributed by atoms with E-state index in [1.54, 1.807) is 30.3 Å². The number of hydroxylamine groups is 1. The number of nitrogens with two attached hydrogens (primary N) is 1. The van der Waals surface area contributed by atoms with Crippen LogP contribution in [0.3, 0.4) is 0 Å². The van der Waals surface area contributed by atoms with Crippen molar-refractivity contribution in [3.05, 3.63) is 35.9 Å². The van der Waals surface area contributed by atoms with Crippen LogP contribution in [0, 0.1) is 0 Å². The number of hydrogen-bond donors (Lipinski definition) is 3. The fourth-order valence-corrected chi connectivity index (χ4v) is 1.47. The minimum atomic E-state index is -1.59. The summed E-state index contributed by atoms with van der Waals surface area (Å²) in [5.41, 5.74) is 7.61. The average Bonchev–Trinajstić information content (AvgIpc) is 2.30. The maximum Gasteiger partial charge on any atom is 0.273 e. The zero-order valence-electron chi connectivity index (χ0n) is 9.29. The van der Waals surface area contributed by atoms with Crippen molar-refractivity contribution in [1.82, 2.24) is 5.48 Å². The van der Waals surface area contributed by atoms with Crippen LogP contribution in [0.25, 0.3) is 0 Å². The van der Waals surface area contributed by atoms with E-state index in [2.05, 4.69) is 4.84 Å². The molecule has 0 saturated carbocycles. The Labute approximate surface area is 98.3 Å². The molecule has 0 aromatic heterocycles. The lowest BCUT2D eigenvalue weighted by Crippen LogP contribution is -2.42. The van der Waals surface area contributed by atoms with Gasteiger partial charge < -0.3 is 10.8 Å². The molecule has 1 aromatic rings. The summed E-state index contributed by atoms with van der Waals surface area (Å²) in [7, 11) is 1.23. The Morgan fingerprint density at radius 2 is 1.94 bits per heavy atom. The zero-order chi connectivity index (χ0) is 12.8. The van der Waals surface area contributed by atoms with Crippen molar-refractivity contribution >= 4 is 11.8 Å². The summed E-state index contributed by atoms with van der Waals surface area (Å²) in [6, 6.07) is 8.35. The normalized spacial score (nSPS) is 13.8. The van der Waals surface area contributed by atoms with Gasteiger partial charge in [0.15, 0.2) is 6.10 Å². The molecule has 6 heteroatoms. The number of aliphatic hydroxyl groups excluding tert-OH is 1. The molecule has 0 radical (unpaired) electrons. The second kappa shape index (κ2) is 5.97. The zero-order valence-corrected chi connectivity index (χ0v) is 9.29. The van der Waals surface area contributed by atoms with Crippen molar-refractivity contribution in [2.24, 2.45) is 5.73 Å². The van der Waals surface area contributed by atoms with Crippen LogP contribution in [0.15, 0.2) is 30.3 Å². The maximum absolute atomic E-state index is 11.4. The molecule has 4 N–H and O–H groups in total. The summed E-state index contributed by atoms with van der Waals surface area (Å²) >= 11 is 0. The topological polar surface area (TPSA) is 102 Å². The Bertz CT molecular complexity index is 394. The summed E-state index contributed by atoms with van der Waals surface area (Å²) in [5, 5.41) is 9.74. The van der Waals surface area contributed by atoms with Gasteiger partial charge in [-0.2, -0.15) is 0 Å². The Balaban J connectivity index is 2.94. The summed E-state index contributed by atoms with van der Waals surface area (Å²) in [5.74, 6) is -2.71. The molecule has 0 aliphatic heterocycles. The molecular formula is C11H14N2O4. The minimum absolute atomic E-state index is 0.471. The third kappa shape index (κ3) is 3.27. The highest BCUT2D eigenvalue weighted by molar-refractivity contribution is 5.91. The van der Waals surface area contributed by atoms with Crippen LogP contribution in [0.5, 0.6) is 0 Å². The van der Waals surface area contributed by atoms with E-state index in [9.17, 15) is 14.7 Å². The number of carbonyl (C=O) groups is 2. The van der Waals surface area contributed by atoms with E-state index in [1.807, 2.05) is 5.48 Å². The molecule has 0 aliphatic carbocycles. The van der Waals surface area contributed by atoms with Gasteiger partial charge >= 0.3 is 0 Å². The quantitative estimate of drug-likeness (QED) is 0.590. The molecule has 0 aliphatic rings. The minimum Gasteiger partial charge on any atom is -0.382 e. The molecule has 17 heavy (non-hydrogen) atoms. The first-order valence-corrected chi connectivity index (χ1v) is 4.93. The monoisotopic (exact) mass is 238 g/mol. The first-order valence-electron chi connectivity index (χ1n) is 4.93. The first kappa shape index (κ1) is 13.1. The van der Waals surface area contributed by atoms with E-state index >= 15 is 0 Å². The van der Waals surface area contributed by atoms with E-state index in [4.69, 9.17) is 5.73 Å². The molecule has 2 atom stereocenters. The molecule has 0 bridgehead atoms. The molecular weight excluding hydrogens is 224 g/mol. The predicted molar refractivity (Wildman–Crippen MR) is 59.5 cm³/mol. The van der Waals surface area contributed by atoms with Crippen LogP contribution in [0.1, 0.15) is 11.5 Å². The third-order valence-electron chi connectivity index (χ3n) is 2.25. The Morgan fingerprint density at radius 3 is 2.41 bits per heavy atom. The van der Waals surface area contributed by atoms with Gasteiger partial charge in [-0.1, -0.05) is 30.3 Å². The number of aliphatic hydroxyl groups is 1. The van der Waals surface area contributed by atoms with Crippen molar-refractivity contribution < 1.29 is 19.5 Å². The molecule has 1 aromatic carbocycles. The van der Waals surface area contributed by atoms with Crippen LogP contribution in [0.4, 0.5) is 0 Å². The molecule has 0 saturated heterocycles. The Morgan fingerprint density at radius 1 is 1.35 bits per heavy atom. The van der Waals surface area contributed by atoms with Gasteiger partial charge in [0.1, 0.15) is 0 Å². The lowest BCUT2D eigenvalue weighted by Gasteiger charge is -2.19. The fourth-order valence-electron chi connectivity index (χ4n) is 1.47. The van der Waals surface area contributed by atoms with Gasteiger partial charge in [0, 0.05) is 0 Å². The van der Waals surface area contributed by atoms with Gasteiger partial charge in [-0.05, 0) is 5.56 Å².